The molecule has 1 amide bonds. The molecule has 1 aromatic carbocycles. The fourth-order valence-corrected chi connectivity index (χ4v) is 3.58. The molecule has 0 fully saturated rings. The molecule has 27 heavy (non-hydrogen) atoms. The average molecular weight is 394 g/mol. The number of hydrogen-bond acceptors (Lipinski definition) is 6. The van der Waals surface area contributed by atoms with Crippen LogP contribution in [0.5, 0.6) is 0 Å². The largest absolute Gasteiger partial charge is 0.469 e. The number of hydrogen-bond donors (Lipinski definition) is 3. The number of alkyl carbamates (subject to hydrolysis) is 1. The minimum Gasteiger partial charge on any atom is -0.469 e. The van der Waals surface area contributed by atoms with E-state index in [1.54, 1.807) is 20.8 Å². The first-order valence-corrected chi connectivity index (χ1v) is 9.61. The molecule has 0 aliphatic rings. The van der Waals surface area contributed by atoms with Crippen molar-refractivity contribution in [3.63, 3.8) is 0 Å². The third kappa shape index (κ3) is 6.18. The molecule has 1 heterocycles. The topological polar surface area (TPSA) is 101 Å². The number of methoxy groups -OCH3 is 1. The van der Waals surface area contributed by atoms with Gasteiger partial charge in [-0.25, -0.2) is 4.79 Å². The van der Waals surface area contributed by atoms with Crippen molar-refractivity contribution in [1.29, 1.82) is 0 Å². The predicted molar refractivity (Wildman–Crippen MR) is 105 cm³/mol. The zero-order valence-corrected chi connectivity index (χ0v) is 16.8. The number of carbonyl (C=O) groups excluding carboxylic acids is 2. The molecule has 2 aromatic rings. The Hall–Kier alpha value is -2.19. The molecule has 0 saturated heterocycles. The molecule has 0 saturated carbocycles. The van der Waals surface area contributed by atoms with Crippen molar-refractivity contribution < 1.29 is 24.2 Å². The normalized spacial score (nSPS) is 12.6. The van der Waals surface area contributed by atoms with Crippen LogP contribution >= 0.6 is 11.8 Å². The van der Waals surface area contributed by atoms with E-state index in [2.05, 4.69) is 10.3 Å². The Kier molecular flexibility index (Phi) is 7.15. The van der Waals surface area contributed by atoms with E-state index < -0.39 is 17.7 Å². The molecule has 0 unspecified atom stereocenters. The fourth-order valence-electron chi connectivity index (χ4n) is 2.49. The Morgan fingerprint density at radius 2 is 2.00 bits per heavy atom. The molecule has 0 aliphatic carbocycles. The first kappa shape index (κ1) is 21.1. The van der Waals surface area contributed by atoms with Crippen molar-refractivity contribution >= 4 is 34.7 Å². The van der Waals surface area contributed by atoms with E-state index in [-0.39, 0.29) is 19.0 Å². The number of nitrogens with one attached hydrogen (secondary N) is 2. The second-order valence-corrected chi connectivity index (χ2v) is 8.10. The van der Waals surface area contributed by atoms with Crippen molar-refractivity contribution in [1.82, 2.24) is 10.3 Å². The van der Waals surface area contributed by atoms with Gasteiger partial charge in [0.25, 0.3) is 0 Å². The number of esters is 1. The average Bonchev–Trinajstić information content (AvgIpc) is 2.94. The summed E-state index contributed by atoms with van der Waals surface area (Å²) in [4.78, 5) is 27.0. The van der Waals surface area contributed by atoms with Gasteiger partial charge in [-0.3, -0.25) is 4.79 Å². The number of aliphatic hydroxyl groups is 1. The van der Waals surface area contributed by atoms with Crippen molar-refractivity contribution in [2.75, 3.05) is 19.5 Å². The summed E-state index contributed by atoms with van der Waals surface area (Å²) < 4.78 is 10.0. The number of ether oxygens (including phenoxy) is 2. The van der Waals surface area contributed by atoms with Crippen LogP contribution in [0, 0.1) is 0 Å². The highest BCUT2D eigenvalue weighted by Crippen LogP contribution is 2.30. The maximum absolute atomic E-state index is 11.9. The molecule has 1 atom stereocenters. The van der Waals surface area contributed by atoms with Crippen LogP contribution in [0.3, 0.4) is 0 Å². The van der Waals surface area contributed by atoms with E-state index in [1.807, 2.05) is 24.3 Å². The Balaban J connectivity index is 2.11. The monoisotopic (exact) mass is 394 g/mol. The molecular weight excluding hydrogens is 368 g/mol. The number of rotatable bonds is 7. The second kappa shape index (κ2) is 9.14. The van der Waals surface area contributed by atoms with Crippen LogP contribution in [0.4, 0.5) is 4.79 Å². The number of thioether (sulfide) groups is 1. The van der Waals surface area contributed by atoms with Gasteiger partial charge in [0.2, 0.25) is 0 Å². The number of H-pyrrole nitrogens is 1. The van der Waals surface area contributed by atoms with Gasteiger partial charge in [-0.15, -0.1) is 11.8 Å². The van der Waals surface area contributed by atoms with E-state index in [1.165, 1.54) is 18.9 Å². The van der Waals surface area contributed by atoms with Crippen LogP contribution in [-0.2, 0) is 20.7 Å². The number of carbonyl (C=O) groups is 2. The summed E-state index contributed by atoms with van der Waals surface area (Å²) in [6.45, 7) is 5.11. The van der Waals surface area contributed by atoms with Gasteiger partial charge in [-0.2, -0.15) is 0 Å². The molecule has 0 bridgehead atoms. The first-order valence-electron chi connectivity index (χ1n) is 8.63. The predicted octanol–water partition coefficient (Wildman–Crippen LogP) is 2.86. The Morgan fingerprint density at radius 3 is 2.63 bits per heavy atom. The summed E-state index contributed by atoms with van der Waals surface area (Å²) in [5, 5.41) is 14.0. The summed E-state index contributed by atoms with van der Waals surface area (Å²) in [5.74, 6) is 0.0868. The number of para-hydroxylation sites is 1. The summed E-state index contributed by atoms with van der Waals surface area (Å²) in [7, 11) is 1.36. The van der Waals surface area contributed by atoms with E-state index in [0.29, 0.717) is 5.75 Å². The van der Waals surface area contributed by atoms with E-state index in [0.717, 1.165) is 21.5 Å². The minimum absolute atomic E-state index is 0.145. The maximum atomic E-state index is 11.9. The molecule has 2 rings (SSSR count). The van der Waals surface area contributed by atoms with Crippen LogP contribution in [0.2, 0.25) is 0 Å². The second-order valence-electron chi connectivity index (χ2n) is 7.07. The summed E-state index contributed by atoms with van der Waals surface area (Å²) in [6, 6.07) is 7.21. The quantitative estimate of drug-likeness (QED) is 0.493. The van der Waals surface area contributed by atoms with Crippen LogP contribution in [-0.4, -0.2) is 53.3 Å². The van der Waals surface area contributed by atoms with Gasteiger partial charge in [0, 0.05) is 22.2 Å². The molecule has 0 radical (unpaired) electrons. The number of benzene rings is 1. The number of amides is 1. The summed E-state index contributed by atoms with van der Waals surface area (Å²) in [6.07, 6.45) is -0.430. The Bertz CT molecular complexity index is 797. The number of aromatic amines is 1. The van der Waals surface area contributed by atoms with Crippen molar-refractivity contribution in [2.24, 2.45) is 0 Å². The number of fused-ring (bicyclic) bond motifs is 1. The van der Waals surface area contributed by atoms with E-state index in [9.17, 15) is 14.7 Å². The third-order valence-corrected chi connectivity index (χ3v) is 4.90. The molecule has 1 aromatic heterocycles. The summed E-state index contributed by atoms with van der Waals surface area (Å²) in [5.41, 5.74) is 1.15. The number of aromatic nitrogens is 1. The lowest BCUT2D eigenvalue weighted by Crippen LogP contribution is -2.42. The number of aliphatic hydroxyl groups excluding tert-OH is 1. The lowest BCUT2D eigenvalue weighted by atomic mass is 10.1. The van der Waals surface area contributed by atoms with Gasteiger partial charge in [-0.1, -0.05) is 18.2 Å². The van der Waals surface area contributed by atoms with Gasteiger partial charge in [0.05, 0.1) is 31.2 Å². The van der Waals surface area contributed by atoms with E-state index >= 15 is 0 Å². The van der Waals surface area contributed by atoms with Gasteiger partial charge in [0.1, 0.15) is 5.60 Å². The van der Waals surface area contributed by atoms with Crippen LogP contribution in [0.1, 0.15) is 26.3 Å². The molecular formula is C19H26N2O5S. The van der Waals surface area contributed by atoms with Gasteiger partial charge in [-0.05, 0) is 26.8 Å². The molecule has 7 nitrogen and oxygen atoms in total. The highest BCUT2D eigenvalue weighted by Gasteiger charge is 2.21. The van der Waals surface area contributed by atoms with Gasteiger partial charge >= 0.3 is 12.1 Å². The Labute approximate surface area is 162 Å². The third-order valence-electron chi connectivity index (χ3n) is 3.69. The smallest absolute Gasteiger partial charge is 0.407 e. The van der Waals surface area contributed by atoms with Crippen LogP contribution in [0.15, 0.2) is 29.3 Å². The lowest BCUT2D eigenvalue weighted by Gasteiger charge is -2.22. The zero-order chi connectivity index (χ0) is 20.0. The van der Waals surface area contributed by atoms with Gasteiger partial charge < -0.3 is 24.9 Å². The molecule has 0 aliphatic heterocycles. The maximum Gasteiger partial charge on any atom is 0.407 e. The van der Waals surface area contributed by atoms with Crippen molar-refractivity contribution in [2.45, 2.75) is 43.9 Å². The molecule has 8 heteroatoms. The summed E-state index contributed by atoms with van der Waals surface area (Å²) >= 11 is 1.42. The Morgan fingerprint density at radius 1 is 1.30 bits per heavy atom. The molecule has 148 valence electrons. The minimum atomic E-state index is -0.609. The SMILES string of the molecule is COC(=O)Cc1c(SC[C@H](CO)NC(=O)OC(C)(C)C)[nH]c2ccccc12. The van der Waals surface area contributed by atoms with E-state index in [4.69, 9.17) is 9.47 Å². The lowest BCUT2D eigenvalue weighted by molar-refractivity contribution is -0.139. The van der Waals surface area contributed by atoms with Crippen LogP contribution in [0.25, 0.3) is 10.9 Å². The van der Waals surface area contributed by atoms with Crippen molar-refractivity contribution in [3.8, 4) is 0 Å². The highest BCUT2D eigenvalue weighted by molar-refractivity contribution is 7.99. The fraction of sp³-hybridized carbons (Fsp3) is 0.474. The highest BCUT2D eigenvalue weighted by atomic mass is 32.2. The van der Waals surface area contributed by atoms with Gasteiger partial charge in [0.15, 0.2) is 0 Å². The van der Waals surface area contributed by atoms with Crippen molar-refractivity contribution in [3.05, 3.63) is 29.8 Å². The molecule has 3 N–H and O–H groups in total. The first-order chi connectivity index (χ1) is 12.7. The molecule has 0 spiro atoms. The standard InChI is InChI=1S/C19H26N2O5S/c1-19(2,3)26-18(24)20-12(10-22)11-27-17-14(9-16(23)25-4)13-7-5-6-8-15(13)21-17/h5-8,12,21-22H,9-11H2,1-4H3,(H,20,24)/t12-/m0/s1. The zero-order valence-electron chi connectivity index (χ0n) is 16.0. The van der Waals surface area contributed by atoms with Crippen LogP contribution < -0.4 is 5.32 Å².